The van der Waals surface area contributed by atoms with Crippen molar-refractivity contribution < 1.29 is 9.53 Å². The Morgan fingerprint density at radius 3 is 2.64 bits per heavy atom. The van der Waals surface area contributed by atoms with E-state index in [4.69, 9.17) is 4.74 Å². The summed E-state index contributed by atoms with van der Waals surface area (Å²) in [7, 11) is 1.65. The lowest BCUT2D eigenvalue weighted by atomic mass is 10.1. The number of aryl methyl sites for hydroxylation is 2. The van der Waals surface area contributed by atoms with Gasteiger partial charge in [0.15, 0.2) is 0 Å². The number of carbonyl (C=O) groups is 1. The minimum atomic E-state index is -0.592. The number of imidazole rings is 1. The summed E-state index contributed by atoms with van der Waals surface area (Å²) in [4.78, 5) is 43.9. The molecule has 28 heavy (non-hydrogen) atoms. The summed E-state index contributed by atoms with van der Waals surface area (Å²) in [5.74, 6) is -0.337. The molecule has 0 unspecified atom stereocenters. The number of aromatic amines is 1. The van der Waals surface area contributed by atoms with E-state index in [-0.39, 0.29) is 30.2 Å². The van der Waals surface area contributed by atoms with Crippen LogP contribution in [-0.2, 0) is 29.7 Å². The van der Waals surface area contributed by atoms with Gasteiger partial charge in [-0.2, -0.15) is 0 Å². The van der Waals surface area contributed by atoms with Gasteiger partial charge in [-0.15, -0.1) is 0 Å². The van der Waals surface area contributed by atoms with Gasteiger partial charge in [0.1, 0.15) is 19.0 Å². The maximum atomic E-state index is 12.4. The molecule has 2 aromatic carbocycles. The number of hydrogen-bond acceptors (Lipinski definition) is 5. The monoisotopic (exact) mass is 378 g/mol. The van der Waals surface area contributed by atoms with Crippen LogP contribution in [0.1, 0.15) is 11.4 Å². The number of H-pyrrole nitrogens is 1. The summed E-state index contributed by atoms with van der Waals surface area (Å²) < 4.78 is 8.09. The highest BCUT2D eigenvalue weighted by molar-refractivity contribution is 5.81. The average Bonchev–Trinajstić information content (AvgIpc) is 2.92. The zero-order valence-corrected chi connectivity index (χ0v) is 15.4. The lowest BCUT2D eigenvalue weighted by Crippen LogP contribution is -2.26. The standard InChI is InChI=1S/C20H18N4O4/c1-12-6-5-7-13-18(12)21-16(22-19(13)26)11-28-17(25)10-24-15-9-4-3-8-14(15)23(2)20(24)27/h3-9H,10-11H2,1-2H3,(H,21,22,26). The van der Waals surface area contributed by atoms with Crippen molar-refractivity contribution in [3.05, 3.63) is 74.7 Å². The molecule has 2 heterocycles. The molecule has 0 radical (unpaired) electrons. The minimum Gasteiger partial charge on any atom is -0.456 e. The molecule has 142 valence electrons. The largest absolute Gasteiger partial charge is 0.456 e. The molecule has 0 amide bonds. The van der Waals surface area contributed by atoms with Gasteiger partial charge in [0.05, 0.1) is 21.9 Å². The van der Waals surface area contributed by atoms with Crippen molar-refractivity contribution in [3.63, 3.8) is 0 Å². The zero-order chi connectivity index (χ0) is 19.8. The molecule has 0 spiro atoms. The second-order valence-electron chi connectivity index (χ2n) is 6.56. The van der Waals surface area contributed by atoms with E-state index in [2.05, 4.69) is 9.97 Å². The fourth-order valence-electron chi connectivity index (χ4n) is 3.26. The molecule has 2 aromatic heterocycles. The summed E-state index contributed by atoms with van der Waals surface area (Å²) in [5, 5.41) is 0.484. The second-order valence-corrected chi connectivity index (χ2v) is 6.56. The van der Waals surface area contributed by atoms with Crippen LogP contribution in [0.3, 0.4) is 0 Å². The normalized spacial score (nSPS) is 11.2. The number of aromatic nitrogens is 4. The Bertz CT molecular complexity index is 1330. The van der Waals surface area contributed by atoms with E-state index in [0.29, 0.717) is 16.4 Å². The lowest BCUT2D eigenvalue weighted by Gasteiger charge is -2.07. The van der Waals surface area contributed by atoms with Gasteiger partial charge in [-0.3, -0.25) is 18.7 Å². The van der Waals surface area contributed by atoms with Gasteiger partial charge in [0.25, 0.3) is 5.56 Å². The number of rotatable bonds is 4. The molecular weight excluding hydrogens is 360 g/mol. The highest BCUT2D eigenvalue weighted by atomic mass is 16.5. The molecule has 4 rings (SSSR count). The zero-order valence-electron chi connectivity index (χ0n) is 15.4. The van der Waals surface area contributed by atoms with Crippen LogP contribution in [0.25, 0.3) is 21.9 Å². The Balaban J connectivity index is 1.55. The van der Waals surface area contributed by atoms with E-state index in [9.17, 15) is 14.4 Å². The Labute approximate surface area is 159 Å². The average molecular weight is 378 g/mol. The summed E-state index contributed by atoms with van der Waals surface area (Å²) >= 11 is 0. The fourth-order valence-corrected chi connectivity index (χ4v) is 3.26. The third-order valence-corrected chi connectivity index (χ3v) is 4.70. The first-order valence-corrected chi connectivity index (χ1v) is 8.74. The van der Waals surface area contributed by atoms with Crippen molar-refractivity contribution in [1.82, 2.24) is 19.1 Å². The molecule has 0 atom stereocenters. The van der Waals surface area contributed by atoms with Crippen LogP contribution in [0.2, 0.25) is 0 Å². The van der Waals surface area contributed by atoms with Crippen molar-refractivity contribution in [2.45, 2.75) is 20.1 Å². The second kappa shape index (κ2) is 6.80. The minimum absolute atomic E-state index is 0.183. The molecule has 0 aliphatic rings. The topological polar surface area (TPSA) is 99.0 Å². The van der Waals surface area contributed by atoms with Crippen molar-refractivity contribution in [2.75, 3.05) is 0 Å². The SMILES string of the molecule is Cc1cccc2c(=O)[nH]c(COC(=O)Cn3c(=O)n(C)c4ccccc43)nc12. The Kier molecular flexibility index (Phi) is 4.31. The van der Waals surface area contributed by atoms with Crippen LogP contribution in [0, 0.1) is 6.92 Å². The third-order valence-electron chi connectivity index (χ3n) is 4.70. The van der Waals surface area contributed by atoms with E-state index in [0.717, 1.165) is 11.1 Å². The Morgan fingerprint density at radius 1 is 1.11 bits per heavy atom. The van der Waals surface area contributed by atoms with E-state index in [1.165, 1.54) is 9.13 Å². The van der Waals surface area contributed by atoms with Gasteiger partial charge in [-0.05, 0) is 30.7 Å². The van der Waals surface area contributed by atoms with E-state index < -0.39 is 5.97 Å². The molecule has 4 aromatic rings. The van der Waals surface area contributed by atoms with Crippen molar-refractivity contribution >= 4 is 27.9 Å². The molecule has 0 saturated heterocycles. The smallest absolute Gasteiger partial charge is 0.329 e. The van der Waals surface area contributed by atoms with Crippen molar-refractivity contribution in [3.8, 4) is 0 Å². The number of ether oxygens (including phenoxy) is 1. The third kappa shape index (κ3) is 2.98. The number of fused-ring (bicyclic) bond motifs is 2. The van der Waals surface area contributed by atoms with E-state index in [1.807, 2.05) is 25.1 Å². The van der Waals surface area contributed by atoms with E-state index in [1.54, 1.807) is 31.3 Å². The lowest BCUT2D eigenvalue weighted by molar-refractivity contribution is -0.145. The Hall–Kier alpha value is -3.68. The molecule has 0 fully saturated rings. The number of nitrogens with zero attached hydrogens (tertiary/aromatic N) is 3. The van der Waals surface area contributed by atoms with Gasteiger partial charge < -0.3 is 9.72 Å². The molecule has 8 heteroatoms. The predicted molar refractivity (Wildman–Crippen MR) is 104 cm³/mol. The summed E-state index contributed by atoms with van der Waals surface area (Å²) in [5.41, 5.74) is 2.23. The molecule has 0 aliphatic carbocycles. The molecular formula is C20H18N4O4. The van der Waals surface area contributed by atoms with Gasteiger partial charge in [0.2, 0.25) is 0 Å². The van der Waals surface area contributed by atoms with Gasteiger partial charge in [-0.1, -0.05) is 24.3 Å². The highest BCUT2D eigenvalue weighted by Gasteiger charge is 2.15. The number of para-hydroxylation sites is 3. The number of esters is 1. The molecule has 0 saturated carbocycles. The van der Waals surface area contributed by atoms with E-state index >= 15 is 0 Å². The molecule has 8 nitrogen and oxygen atoms in total. The van der Waals surface area contributed by atoms with Crippen molar-refractivity contribution in [1.29, 1.82) is 0 Å². The summed E-state index contributed by atoms with van der Waals surface area (Å²) in [6.07, 6.45) is 0. The van der Waals surface area contributed by atoms with Crippen LogP contribution in [0.4, 0.5) is 0 Å². The van der Waals surface area contributed by atoms with Crippen LogP contribution in [0.5, 0.6) is 0 Å². The quantitative estimate of drug-likeness (QED) is 0.544. The van der Waals surface area contributed by atoms with Crippen LogP contribution in [0.15, 0.2) is 52.1 Å². The first-order chi connectivity index (χ1) is 13.5. The summed E-state index contributed by atoms with van der Waals surface area (Å²) in [6, 6.07) is 12.5. The van der Waals surface area contributed by atoms with Crippen LogP contribution >= 0.6 is 0 Å². The predicted octanol–water partition coefficient (Wildman–Crippen LogP) is 1.63. The number of hydrogen-bond donors (Lipinski definition) is 1. The first-order valence-electron chi connectivity index (χ1n) is 8.74. The summed E-state index contributed by atoms with van der Waals surface area (Å²) in [6.45, 7) is 1.45. The van der Waals surface area contributed by atoms with Crippen molar-refractivity contribution in [2.24, 2.45) is 7.05 Å². The number of nitrogens with one attached hydrogen (secondary N) is 1. The van der Waals surface area contributed by atoms with Crippen LogP contribution in [-0.4, -0.2) is 25.1 Å². The molecule has 1 N–H and O–H groups in total. The van der Waals surface area contributed by atoms with Gasteiger partial charge >= 0.3 is 11.7 Å². The Morgan fingerprint density at radius 2 is 1.86 bits per heavy atom. The maximum Gasteiger partial charge on any atom is 0.329 e. The maximum absolute atomic E-state index is 12.4. The number of carbonyl (C=O) groups excluding carboxylic acids is 1. The molecule has 0 aliphatic heterocycles. The van der Waals surface area contributed by atoms with Gasteiger partial charge in [0, 0.05) is 7.05 Å². The van der Waals surface area contributed by atoms with Crippen LogP contribution < -0.4 is 11.2 Å². The number of benzene rings is 2. The fraction of sp³-hybridized carbons (Fsp3) is 0.200. The highest BCUT2D eigenvalue weighted by Crippen LogP contribution is 2.13. The molecule has 0 bridgehead atoms. The first kappa shape index (κ1) is 17.7. The van der Waals surface area contributed by atoms with Gasteiger partial charge in [-0.25, -0.2) is 9.78 Å².